The van der Waals surface area contributed by atoms with Crippen LogP contribution in [0.1, 0.15) is 13.8 Å². The molecule has 0 aromatic carbocycles. The van der Waals surface area contributed by atoms with Crippen LogP contribution in [-0.2, 0) is 14.2 Å². The maximum absolute atomic E-state index is 13.4. The van der Waals surface area contributed by atoms with Gasteiger partial charge in [-0.2, -0.15) is 0 Å². The van der Waals surface area contributed by atoms with E-state index >= 15 is 0 Å². The fourth-order valence-electron chi connectivity index (χ4n) is 2.18. The van der Waals surface area contributed by atoms with E-state index in [2.05, 4.69) is 0 Å². The van der Waals surface area contributed by atoms with Crippen molar-refractivity contribution in [2.45, 2.75) is 25.7 Å². The third-order valence-corrected chi connectivity index (χ3v) is 3.35. The molecule has 17 heavy (non-hydrogen) atoms. The Morgan fingerprint density at radius 3 is 2.71 bits per heavy atom. The monoisotopic (exact) mass is 262 g/mol. The highest BCUT2D eigenvalue weighted by molar-refractivity contribution is 6.31. The van der Waals surface area contributed by atoms with Gasteiger partial charge in [-0.15, -0.1) is 0 Å². The van der Waals surface area contributed by atoms with E-state index in [-0.39, 0.29) is 11.0 Å². The summed E-state index contributed by atoms with van der Waals surface area (Å²) in [5.74, 6) is -1.49. The van der Waals surface area contributed by atoms with Crippen molar-refractivity contribution in [1.82, 2.24) is 0 Å². The number of allylic oxidation sites excluding steroid dienone is 2. The van der Waals surface area contributed by atoms with Crippen LogP contribution in [0, 0.1) is 5.92 Å². The van der Waals surface area contributed by atoms with Gasteiger partial charge in [0.15, 0.2) is 5.79 Å². The zero-order valence-corrected chi connectivity index (χ0v) is 10.7. The van der Waals surface area contributed by atoms with Crippen LogP contribution in [0.3, 0.4) is 0 Å². The predicted octanol–water partition coefficient (Wildman–Crippen LogP) is 2.76. The van der Waals surface area contributed by atoms with E-state index in [0.29, 0.717) is 19.8 Å². The normalized spacial score (nSPS) is 32.2. The largest absolute Gasteiger partial charge is 0.373 e. The maximum atomic E-state index is 13.4. The molecule has 1 heterocycles. The topological polar surface area (TPSA) is 27.7 Å². The van der Waals surface area contributed by atoms with Gasteiger partial charge in [-0.1, -0.05) is 17.7 Å². The molecule has 1 fully saturated rings. The summed E-state index contributed by atoms with van der Waals surface area (Å²) in [6, 6.07) is 0. The highest BCUT2D eigenvalue weighted by Gasteiger charge is 2.44. The molecule has 2 aliphatic rings. The molecule has 2 atom stereocenters. The van der Waals surface area contributed by atoms with Gasteiger partial charge in [0.05, 0.1) is 30.3 Å². The summed E-state index contributed by atoms with van der Waals surface area (Å²) >= 11 is 5.82. The van der Waals surface area contributed by atoms with Crippen LogP contribution in [0.4, 0.5) is 4.39 Å². The Kier molecular flexibility index (Phi) is 3.88. The smallest absolute Gasteiger partial charge is 0.174 e. The lowest BCUT2D eigenvalue weighted by atomic mass is 9.89. The minimum absolute atomic E-state index is 0.0891. The molecule has 2 unspecified atom stereocenters. The third kappa shape index (κ3) is 2.55. The molecule has 96 valence electrons. The Bertz CT molecular complexity index is 348. The van der Waals surface area contributed by atoms with Crippen molar-refractivity contribution in [2.24, 2.45) is 5.92 Å². The van der Waals surface area contributed by atoms with E-state index in [9.17, 15) is 4.39 Å². The van der Waals surface area contributed by atoms with Crippen molar-refractivity contribution >= 4 is 11.6 Å². The summed E-state index contributed by atoms with van der Waals surface area (Å²) in [6.45, 7) is 5.25. The molecule has 0 radical (unpaired) electrons. The first-order chi connectivity index (χ1) is 8.07. The average Bonchev–Trinajstić information content (AvgIpc) is 2.72. The first-order valence-electron chi connectivity index (χ1n) is 5.71. The molecular weight excluding hydrogens is 247 g/mol. The quantitative estimate of drug-likeness (QED) is 0.783. The molecule has 0 aromatic rings. The van der Waals surface area contributed by atoms with Crippen molar-refractivity contribution < 1.29 is 18.6 Å². The number of rotatable bonds is 3. The number of hydrogen-bond donors (Lipinski definition) is 0. The van der Waals surface area contributed by atoms with E-state index in [1.165, 1.54) is 6.08 Å². The highest BCUT2D eigenvalue weighted by Crippen LogP contribution is 2.38. The van der Waals surface area contributed by atoms with Gasteiger partial charge < -0.3 is 14.2 Å². The molecule has 1 aliphatic heterocycles. The second kappa shape index (κ2) is 5.06. The molecule has 0 saturated carbocycles. The van der Waals surface area contributed by atoms with Gasteiger partial charge in [0.2, 0.25) is 0 Å². The summed E-state index contributed by atoms with van der Waals surface area (Å²) in [4.78, 5) is 0. The van der Waals surface area contributed by atoms with Crippen molar-refractivity contribution in [1.29, 1.82) is 0 Å². The molecule has 0 aromatic heterocycles. The van der Waals surface area contributed by atoms with Gasteiger partial charge in [-0.3, -0.25) is 0 Å². The van der Waals surface area contributed by atoms with Crippen LogP contribution >= 0.6 is 11.6 Å². The van der Waals surface area contributed by atoms with Crippen molar-refractivity contribution in [3.05, 3.63) is 23.0 Å². The molecule has 1 aliphatic carbocycles. The Morgan fingerprint density at radius 1 is 1.47 bits per heavy atom. The van der Waals surface area contributed by atoms with Crippen LogP contribution in [0.2, 0.25) is 0 Å². The van der Waals surface area contributed by atoms with Gasteiger partial charge in [-0.05, 0) is 19.9 Å². The number of ether oxygens (including phenoxy) is 3. The van der Waals surface area contributed by atoms with Gasteiger partial charge in [0, 0.05) is 6.61 Å². The third-order valence-electron chi connectivity index (χ3n) is 3.04. The number of hydrogen-bond acceptors (Lipinski definition) is 3. The fraction of sp³-hybridized carbons (Fsp3) is 0.667. The summed E-state index contributed by atoms with van der Waals surface area (Å²) in [5.41, 5.74) is 0. The first-order valence-corrected chi connectivity index (χ1v) is 6.09. The van der Waals surface area contributed by atoms with Crippen LogP contribution in [-0.4, -0.2) is 31.7 Å². The molecule has 0 spiro atoms. The summed E-state index contributed by atoms with van der Waals surface area (Å²) in [5, 5.41) is 0.0891. The second-order valence-corrected chi connectivity index (χ2v) is 4.60. The van der Waals surface area contributed by atoms with Crippen LogP contribution in [0.25, 0.3) is 0 Å². The minimum atomic E-state index is -0.794. The lowest BCUT2D eigenvalue weighted by Gasteiger charge is -2.36. The molecule has 3 nitrogen and oxygen atoms in total. The van der Waals surface area contributed by atoms with Gasteiger partial charge in [-0.25, -0.2) is 4.39 Å². The molecule has 0 N–H and O–H groups in total. The molecular formula is C12H16ClFO3. The molecule has 5 heteroatoms. The summed E-state index contributed by atoms with van der Waals surface area (Å²) in [7, 11) is 0. The van der Waals surface area contributed by atoms with E-state index in [0.717, 1.165) is 0 Å². The summed E-state index contributed by atoms with van der Waals surface area (Å²) < 4.78 is 30.1. The predicted molar refractivity (Wildman–Crippen MR) is 62.3 cm³/mol. The molecule has 0 bridgehead atoms. The maximum Gasteiger partial charge on any atom is 0.174 e. The SMILES string of the molecule is CCOC1C=C(F)C(Cl)=CC1C1(C)OCCO1. The highest BCUT2D eigenvalue weighted by atomic mass is 35.5. The van der Waals surface area contributed by atoms with E-state index in [1.807, 2.05) is 13.8 Å². The van der Waals surface area contributed by atoms with Gasteiger partial charge >= 0.3 is 0 Å². The second-order valence-electron chi connectivity index (χ2n) is 4.19. The molecule has 1 saturated heterocycles. The zero-order valence-electron chi connectivity index (χ0n) is 9.91. The van der Waals surface area contributed by atoms with Gasteiger partial charge in [0.1, 0.15) is 5.83 Å². The van der Waals surface area contributed by atoms with Crippen molar-refractivity contribution in [2.75, 3.05) is 19.8 Å². The minimum Gasteiger partial charge on any atom is -0.373 e. The number of halogens is 2. The molecule has 2 rings (SSSR count). The lowest BCUT2D eigenvalue weighted by molar-refractivity contribution is -0.190. The lowest BCUT2D eigenvalue weighted by Crippen LogP contribution is -2.43. The summed E-state index contributed by atoms with van der Waals surface area (Å²) in [6.07, 6.45) is 2.58. The Hall–Kier alpha value is -0.420. The van der Waals surface area contributed by atoms with Crippen LogP contribution in [0.15, 0.2) is 23.0 Å². The Morgan fingerprint density at radius 2 is 2.12 bits per heavy atom. The Labute approximate surface area is 105 Å². The molecule has 0 amide bonds. The van der Waals surface area contributed by atoms with E-state index in [4.69, 9.17) is 25.8 Å². The average molecular weight is 263 g/mol. The van der Waals surface area contributed by atoms with Crippen LogP contribution in [0.5, 0.6) is 0 Å². The van der Waals surface area contributed by atoms with E-state index < -0.39 is 17.7 Å². The van der Waals surface area contributed by atoms with E-state index in [1.54, 1.807) is 6.08 Å². The fourth-order valence-corrected chi connectivity index (χ4v) is 2.38. The van der Waals surface area contributed by atoms with Gasteiger partial charge in [0.25, 0.3) is 0 Å². The zero-order chi connectivity index (χ0) is 12.5. The Balaban J connectivity index is 2.24. The first kappa shape index (κ1) is 13.0. The standard InChI is InChI=1S/C12H16ClFO3/c1-3-15-11-7-10(14)9(13)6-8(11)12(2)16-4-5-17-12/h6-8,11H,3-5H2,1-2H3. The van der Waals surface area contributed by atoms with Crippen molar-refractivity contribution in [3.8, 4) is 0 Å². The van der Waals surface area contributed by atoms with Crippen molar-refractivity contribution in [3.63, 3.8) is 0 Å². The van der Waals surface area contributed by atoms with Crippen LogP contribution < -0.4 is 0 Å².